The first-order valence-electron chi connectivity index (χ1n) is 4.65. The van der Waals surface area contributed by atoms with Crippen LogP contribution in [0.15, 0.2) is 34.5 Å². The predicted octanol–water partition coefficient (Wildman–Crippen LogP) is -0.346. The normalized spacial score (nSPS) is 11.8. The zero-order valence-electron chi connectivity index (χ0n) is 8.80. The summed E-state index contributed by atoms with van der Waals surface area (Å²) < 4.78 is 6.13. The van der Waals surface area contributed by atoms with Crippen molar-refractivity contribution in [3.63, 3.8) is 0 Å². The number of nitrogens with zero attached hydrogens (tertiary/aromatic N) is 1. The standard InChI is InChI=1S/C10H12N2O4/c1-3-9(14)16-7(2)6-12-5-4-8(13)11-10(12)15/h3-5,7H,1,6H2,2H3,(H,11,13,15). The minimum absolute atomic E-state index is 0.176. The molecule has 1 aromatic rings. The number of H-pyrrole nitrogens is 1. The molecule has 0 spiro atoms. The van der Waals surface area contributed by atoms with E-state index < -0.39 is 23.3 Å². The summed E-state index contributed by atoms with van der Waals surface area (Å²) in [6.07, 6.45) is 1.92. The van der Waals surface area contributed by atoms with Crippen LogP contribution >= 0.6 is 0 Å². The number of carbonyl (C=O) groups is 1. The van der Waals surface area contributed by atoms with Crippen LogP contribution in [0, 0.1) is 0 Å². The second kappa shape index (κ2) is 5.11. The number of carbonyl (C=O) groups excluding carboxylic acids is 1. The summed E-state index contributed by atoms with van der Waals surface area (Å²) in [4.78, 5) is 35.0. The Labute approximate surface area is 91.2 Å². The summed E-state index contributed by atoms with van der Waals surface area (Å²) in [5, 5.41) is 0. The molecule has 6 nitrogen and oxygen atoms in total. The van der Waals surface area contributed by atoms with Crippen LogP contribution < -0.4 is 11.2 Å². The number of hydrogen-bond acceptors (Lipinski definition) is 4. The minimum atomic E-state index is -0.551. The third-order valence-electron chi connectivity index (χ3n) is 1.83. The minimum Gasteiger partial charge on any atom is -0.458 e. The molecule has 0 saturated heterocycles. The van der Waals surface area contributed by atoms with E-state index in [-0.39, 0.29) is 6.54 Å². The molecule has 0 aliphatic carbocycles. The van der Waals surface area contributed by atoms with Gasteiger partial charge in [0, 0.05) is 18.3 Å². The summed E-state index contributed by atoms with van der Waals surface area (Å²) in [5.74, 6) is -0.551. The van der Waals surface area contributed by atoms with E-state index in [1.807, 2.05) is 0 Å². The maximum Gasteiger partial charge on any atom is 0.330 e. The van der Waals surface area contributed by atoms with Gasteiger partial charge in [-0.1, -0.05) is 6.58 Å². The molecule has 0 aromatic carbocycles. The second-order valence-electron chi connectivity index (χ2n) is 3.21. The molecule has 1 rings (SSSR count). The first-order valence-corrected chi connectivity index (χ1v) is 4.65. The molecule has 1 aromatic heterocycles. The first kappa shape index (κ1) is 12.0. The van der Waals surface area contributed by atoms with Gasteiger partial charge < -0.3 is 4.74 Å². The number of hydrogen-bond donors (Lipinski definition) is 1. The Balaban J connectivity index is 2.73. The van der Waals surface area contributed by atoms with E-state index in [1.165, 1.54) is 16.8 Å². The van der Waals surface area contributed by atoms with Crippen molar-refractivity contribution in [3.05, 3.63) is 45.8 Å². The van der Waals surface area contributed by atoms with E-state index in [4.69, 9.17) is 4.74 Å². The highest BCUT2D eigenvalue weighted by Crippen LogP contribution is 1.94. The molecule has 1 heterocycles. The fourth-order valence-corrected chi connectivity index (χ4v) is 1.15. The highest BCUT2D eigenvalue weighted by molar-refractivity contribution is 5.81. The van der Waals surface area contributed by atoms with Gasteiger partial charge in [-0.15, -0.1) is 0 Å². The smallest absolute Gasteiger partial charge is 0.330 e. The lowest BCUT2D eigenvalue weighted by Gasteiger charge is -2.12. The van der Waals surface area contributed by atoms with Crippen molar-refractivity contribution in [2.24, 2.45) is 0 Å². The van der Waals surface area contributed by atoms with Crippen molar-refractivity contribution in [2.45, 2.75) is 19.6 Å². The summed E-state index contributed by atoms with van der Waals surface area (Å²) >= 11 is 0. The highest BCUT2D eigenvalue weighted by atomic mass is 16.5. The van der Waals surface area contributed by atoms with Crippen LogP contribution in [0.5, 0.6) is 0 Å². The SMILES string of the molecule is C=CC(=O)OC(C)Cn1ccc(=O)[nH]c1=O. The number of nitrogens with one attached hydrogen (secondary N) is 1. The second-order valence-corrected chi connectivity index (χ2v) is 3.21. The molecule has 1 unspecified atom stereocenters. The van der Waals surface area contributed by atoms with Crippen LogP contribution in [0.2, 0.25) is 0 Å². The summed E-state index contributed by atoms with van der Waals surface area (Å²) in [5.41, 5.74) is -0.994. The predicted molar refractivity (Wildman–Crippen MR) is 57.1 cm³/mol. The molecule has 0 fully saturated rings. The zero-order chi connectivity index (χ0) is 12.1. The summed E-state index contributed by atoms with van der Waals surface area (Å²) in [7, 11) is 0. The van der Waals surface area contributed by atoms with Crippen molar-refractivity contribution in [1.82, 2.24) is 9.55 Å². The number of esters is 1. The Kier molecular flexibility index (Phi) is 3.82. The van der Waals surface area contributed by atoms with E-state index >= 15 is 0 Å². The Bertz CT molecular complexity index is 500. The van der Waals surface area contributed by atoms with E-state index in [1.54, 1.807) is 6.92 Å². The molecule has 16 heavy (non-hydrogen) atoms. The van der Waals surface area contributed by atoms with Gasteiger partial charge >= 0.3 is 11.7 Å². The van der Waals surface area contributed by atoms with Crippen molar-refractivity contribution in [2.75, 3.05) is 0 Å². The highest BCUT2D eigenvalue weighted by Gasteiger charge is 2.08. The van der Waals surface area contributed by atoms with Gasteiger partial charge in [0.05, 0.1) is 6.54 Å². The average Bonchev–Trinajstić information content (AvgIpc) is 2.22. The van der Waals surface area contributed by atoms with Crippen molar-refractivity contribution in [3.8, 4) is 0 Å². The van der Waals surface area contributed by atoms with E-state index in [2.05, 4.69) is 11.6 Å². The quantitative estimate of drug-likeness (QED) is 0.560. The van der Waals surface area contributed by atoms with E-state index in [0.29, 0.717) is 0 Å². The molecule has 0 amide bonds. The molecular formula is C10H12N2O4. The van der Waals surface area contributed by atoms with Crippen LogP contribution in [0.25, 0.3) is 0 Å². The molecule has 0 saturated carbocycles. The van der Waals surface area contributed by atoms with Gasteiger partial charge in [-0.25, -0.2) is 9.59 Å². The molecule has 0 bridgehead atoms. The maximum atomic E-state index is 11.3. The van der Waals surface area contributed by atoms with Crippen molar-refractivity contribution in [1.29, 1.82) is 0 Å². The van der Waals surface area contributed by atoms with Crippen LogP contribution in [-0.4, -0.2) is 21.6 Å². The van der Waals surface area contributed by atoms with Gasteiger partial charge in [0.1, 0.15) is 6.10 Å². The monoisotopic (exact) mass is 224 g/mol. The van der Waals surface area contributed by atoms with Crippen molar-refractivity contribution >= 4 is 5.97 Å². The molecule has 1 atom stereocenters. The largest absolute Gasteiger partial charge is 0.458 e. The zero-order valence-corrected chi connectivity index (χ0v) is 8.80. The van der Waals surface area contributed by atoms with Gasteiger partial charge in [0.25, 0.3) is 5.56 Å². The number of rotatable bonds is 4. The number of aromatic amines is 1. The summed E-state index contributed by atoms with van der Waals surface area (Å²) in [6, 6.07) is 1.23. The average molecular weight is 224 g/mol. The number of ether oxygens (including phenoxy) is 1. The van der Waals surface area contributed by atoms with E-state index in [9.17, 15) is 14.4 Å². The van der Waals surface area contributed by atoms with Gasteiger partial charge in [-0.3, -0.25) is 14.3 Å². The van der Waals surface area contributed by atoms with Crippen LogP contribution in [0.1, 0.15) is 6.92 Å². The third kappa shape index (κ3) is 3.23. The van der Waals surface area contributed by atoms with Gasteiger partial charge in [0.15, 0.2) is 0 Å². The lowest BCUT2D eigenvalue weighted by Crippen LogP contribution is -2.32. The Morgan fingerprint density at radius 1 is 1.69 bits per heavy atom. The maximum absolute atomic E-state index is 11.3. The van der Waals surface area contributed by atoms with Gasteiger partial charge in [0.2, 0.25) is 0 Å². The molecule has 6 heteroatoms. The van der Waals surface area contributed by atoms with Gasteiger partial charge in [-0.05, 0) is 6.92 Å². The first-order chi connectivity index (χ1) is 7.52. The Morgan fingerprint density at radius 2 is 2.38 bits per heavy atom. The van der Waals surface area contributed by atoms with E-state index in [0.717, 1.165) is 6.08 Å². The van der Waals surface area contributed by atoms with Crippen LogP contribution in [0.3, 0.4) is 0 Å². The summed E-state index contributed by atoms with van der Waals surface area (Å²) in [6.45, 7) is 5.07. The fraction of sp³-hybridized carbons (Fsp3) is 0.300. The molecule has 0 radical (unpaired) electrons. The lowest BCUT2D eigenvalue weighted by molar-refractivity contribution is -0.142. The fourth-order valence-electron chi connectivity index (χ4n) is 1.15. The molecule has 1 N–H and O–H groups in total. The molecular weight excluding hydrogens is 212 g/mol. The Hall–Kier alpha value is -2.11. The molecule has 86 valence electrons. The topological polar surface area (TPSA) is 81.2 Å². The van der Waals surface area contributed by atoms with Crippen LogP contribution in [0.4, 0.5) is 0 Å². The van der Waals surface area contributed by atoms with Crippen molar-refractivity contribution < 1.29 is 9.53 Å². The third-order valence-corrected chi connectivity index (χ3v) is 1.83. The molecule has 0 aliphatic heterocycles. The lowest BCUT2D eigenvalue weighted by atomic mass is 10.4. The molecule has 0 aliphatic rings. The Morgan fingerprint density at radius 3 is 2.94 bits per heavy atom. The number of aromatic nitrogens is 2. The van der Waals surface area contributed by atoms with Gasteiger partial charge in [-0.2, -0.15) is 0 Å². The van der Waals surface area contributed by atoms with Crippen LogP contribution in [-0.2, 0) is 16.1 Å².